The molecule has 1 saturated heterocycles. The van der Waals surface area contributed by atoms with Crippen molar-refractivity contribution in [1.29, 1.82) is 0 Å². The van der Waals surface area contributed by atoms with E-state index in [4.69, 9.17) is 27.8 Å². The van der Waals surface area contributed by atoms with E-state index < -0.39 is 33.0 Å². The fraction of sp³-hybridized carbons (Fsp3) is 0.333. The van der Waals surface area contributed by atoms with Gasteiger partial charge in [0.15, 0.2) is 0 Å². The summed E-state index contributed by atoms with van der Waals surface area (Å²) in [4.78, 5) is 25.6. The second-order valence-electron chi connectivity index (χ2n) is 7.46. The molecule has 0 amide bonds. The molecule has 37 heavy (non-hydrogen) atoms. The summed E-state index contributed by atoms with van der Waals surface area (Å²) in [6.45, 7) is -1.55. The van der Waals surface area contributed by atoms with Crippen LogP contribution in [0, 0.1) is 0 Å². The number of hydrogen-bond acceptors (Lipinski definition) is 8. The zero-order chi connectivity index (χ0) is 26.6. The molecule has 0 saturated carbocycles. The molecule has 2 heterocycles. The molecule has 1 aliphatic rings. The van der Waals surface area contributed by atoms with Gasteiger partial charge in [-0.15, -0.1) is 0 Å². The van der Waals surface area contributed by atoms with Gasteiger partial charge in [-0.2, -0.15) is 0 Å². The summed E-state index contributed by atoms with van der Waals surface area (Å²) in [5.74, 6) is 2.53. The highest BCUT2D eigenvalue weighted by molar-refractivity contribution is 7.42. The van der Waals surface area contributed by atoms with E-state index in [1.807, 2.05) is 0 Å². The lowest BCUT2D eigenvalue weighted by Crippen LogP contribution is -2.31. The van der Waals surface area contributed by atoms with Crippen LogP contribution < -0.4 is 29.8 Å². The summed E-state index contributed by atoms with van der Waals surface area (Å²) in [5, 5.41) is 0. The molecule has 10 nitrogen and oxygen atoms in total. The van der Waals surface area contributed by atoms with Crippen molar-refractivity contribution < 1.29 is 36.6 Å². The molecular formula is C24H27F2N2O8P. The molecule has 2 atom stereocenters. The standard InChI is InChI=1S/C23H25N2O8P.CH2F2/c1-28-16-3-7-18(8-4-16)32-34(33-19-9-5-17(29-2)6-10-19)30-15-20-11-12-22(31-20)25-14-13-21(26)24-23(25)27;2-1-3/h3-10,13-14,20,22H,11-12,15H2,1-2H3,(H,24,26,27);1H2. The molecule has 0 spiro atoms. The van der Waals surface area contributed by atoms with Crippen molar-refractivity contribution >= 4 is 8.60 Å². The van der Waals surface area contributed by atoms with Gasteiger partial charge in [-0.1, -0.05) is 0 Å². The molecule has 13 heteroatoms. The van der Waals surface area contributed by atoms with Crippen molar-refractivity contribution in [2.75, 3.05) is 27.8 Å². The van der Waals surface area contributed by atoms with Gasteiger partial charge in [-0.25, -0.2) is 13.6 Å². The molecule has 1 fully saturated rings. The van der Waals surface area contributed by atoms with Crippen LogP contribution in [-0.2, 0) is 9.26 Å². The Morgan fingerprint density at radius 1 is 0.892 bits per heavy atom. The zero-order valence-electron chi connectivity index (χ0n) is 20.2. The lowest BCUT2D eigenvalue weighted by molar-refractivity contribution is -0.0211. The maximum Gasteiger partial charge on any atom is 0.463 e. The topological polar surface area (TPSA) is 110 Å². The van der Waals surface area contributed by atoms with Crippen LogP contribution in [0.1, 0.15) is 19.1 Å². The van der Waals surface area contributed by atoms with E-state index in [9.17, 15) is 18.4 Å². The molecule has 1 aromatic heterocycles. The Hall–Kier alpha value is -3.47. The third kappa shape index (κ3) is 8.56. The summed E-state index contributed by atoms with van der Waals surface area (Å²) in [5.41, 5.74) is -0.955. The number of nitrogens with zero attached hydrogens (tertiary/aromatic N) is 1. The maximum atomic E-state index is 12.0. The average Bonchev–Trinajstić information content (AvgIpc) is 3.37. The van der Waals surface area contributed by atoms with Gasteiger partial charge >= 0.3 is 14.3 Å². The Labute approximate surface area is 212 Å². The van der Waals surface area contributed by atoms with Gasteiger partial charge < -0.3 is 23.3 Å². The Kier molecular flexibility index (Phi) is 10.9. The first kappa shape index (κ1) is 28.1. The van der Waals surface area contributed by atoms with E-state index in [0.29, 0.717) is 35.8 Å². The van der Waals surface area contributed by atoms with Crippen LogP contribution in [0.5, 0.6) is 23.0 Å². The van der Waals surface area contributed by atoms with Gasteiger partial charge in [0.1, 0.15) is 29.2 Å². The largest absolute Gasteiger partial charge is 0.497 e. The van der Waals surface area contributed by atoms with E-state index in [2.05, 4.69) is 4.98 Å². The zero-order valence-corrected chi connectivity index (χ0v) is 21.1. The van der Waals surface area contributed by atoms with E-state index >= 15 is 0 Å². The number of halogens is 2. The Morgan fingerprint density at radius 2 is 1.41 bits per heavy atom. The number of benzene rings is 2. The quantitative estimate of drug-likeness (QED) is 0.374. The van der Waals surface area contributed by atoms with Gasteiger partial charge in [0, 0.05) is 12.3 Å². The van der Waals surface area contributed by atoms with Crippen molar-refractivity contribution in [3.63, 3.8) is 0 Å². The number of hydrogen-bond donors (Lipinski definition) is 1. The van der Waals surface area contributed by atoms with Crippen molar-refractivity contribution in [2.45, 2.75) is 25.2 Å². The highest BCUT2D eigenvalue weighted by Gasteiger charge is 2.29. The number of ether oxygens (including phenoxy) is 3. The molecule has 0 bridgehead atoms. The van der Waals surface area contributed by atoms with Gasteiger partial charge in [-0.3, -0.25) is 18.9 Å². The van der Waals surface area contributed by atoms with Crippen LogP contribution in [-0.4, -0.2) is 43.4 Å². The van der Waals surface area contributed by atoms with Gasteiger partial charge in [0.2, 0.25) is 6.93 Å². The Balaban J connectivity index is 0.00000121. The molecule has 4 rings (SSSR count). The van der Waals surface area contributed by atoms with Gasteiger partial charge in [-0.05, 0) is 61.4 Å². The summed E-state index contributed by atoms with van der Waals surface area (Å²) >= 11 is 0. The normalized spacial score (nSPS) is 16.6. The number of aromatic amines is 1. The van der Waals surface area contributed by atoms with Crippen molar-refractivity contribution in [2.24, 2.45) is 0 Å². The SMILES string of the molecule is COc1ccc(OP(OCC2CCC(n3ccc(=O)[nH]c3=O)O2)Oc2ccc(OC)cc2)cc1.FCF. The van der Waals surface area contributed by atoms with Crippen molar-refractivity contribution in [3.8, 4) is 23.0 Å². The van der Waals surface area contributed by atoms with E-state index in [1.165, 1.54) is 16.8 Å². The lowest BCUT2D eigenvalue weighted by Gasteiger charge is -2.20. The molecule has 0 aliphatic carbocycles. The minimum atomic E-state index is -1.81. The van der Waals surface area contributed by atoms with E-state index in [0.717, 1.165) is 0 Å². The number of nitrogens with one attached hydrogen (secondary N) is 1. The van der Waals surface area contributed by atoms with Crippen LogP contribution in [0.2, 0.25) is 0 Å². The minimum absolute atomic E-state index is 0.201. The van der Waals surface area contributed by atoms with Crippen LogP contribution in [0.3, 0.4) is 0 Å². The minimum Gasteiger partial charge on any atom is -0.497 e. The second kappa shape index (κ2) is 14.3. The average molecular weight is 540 g/mol. The number of rotatable bonds is 10. The van der Waals surface area contributed by atoms with Crippen LogP contribution in [0.4, 0.5) is 8.78 Å². The predicted octanol–water partition coefficient (Wildman–Crippen LogP) is 4.52. The first-order valence-electron chi connectivity index (χ1n) is 11.1. The van der Waals surface area contributed by atoms with Crippen molar-refractivity contribution in [1.82, 2.24) is 9.55 Å². The summed E-state index contributed by atoms with van der Waals surface area (Å²) in [6, 6.07) is 15.5. The first-order chi connectivity index (χ1) is 17.9. The highest BCUT2D eigenvalue weighted by Crippen LogP contribution is 2.43. The van der Waals surface area contributed by atoms with Crippen molar-refractivity contribution in [3.05, 3.63) is 81.6 Å². The fourth-order valence-corrected chi connectivity index (χ4v) is 4.35. The molecule has 2 unspecified atom stereocenters. The van der Waals surface area contributed by atoms with Gasteiger partial charge in [0.25, 0.3) is 5.56 Å². The maximum absolute atomic E-state index is 12.0. The van der Waals surface area contributed by atoms with Gasteiger partial charge in [0.05, 0.1) is 26.9 Å². The summed E-state index contributed by atoms with van der Waals surface area (Å²) < 4.78 is 54.8. The monoisotopic (exact) mass is 540 g/mol. The van der Waals surface area contributed by atoms with E-state index in [-0.39, 0.29) is 12.7 Å². The number of aromatic nitrogens is 2. The number of methoxy groups -OCH3 is 2. The highest BCUT2D eigenvalue weighted by atomic mass is 31.2. The molecule has 3 aromatic rings. The first-order valence-corrected chi connectivity index (χ1v) is 12.2. The predicted molar refractivity (Wildman–Crippen MR) is 132 cm³/mol. The van der Waals surface area contributed by atoms with Crippen LogP contribution in [0.15, 0.2) is 70.4 Å². The third-order valence-corrected chi connectivity index (χ3v) is 6.17. The smallest absolute Gasteiger partial charge is 0.463 e. The van der Waals surface area contributed by atoms with E-state index in [1.54, 1.807) is 62.8 Å². The summed E-state index contributed by atoms with van der Waals surface area (Å²) in [6.07, 6.45) is 1.96. The Morgan fingerprint density at radius 3 is 1.89 bits per heavy atom. The molecular weight excluding hydrogens is 513 g/mol. The molecule has 1 aliphatic heterocycles. The number of H-pyrrole nitrogens is 1. The third-order valence-electron chi connectivity index (χ3n) is 5.09. The van der Waals surface area contributed by atoms with Crippen LogP contribution >= 0.6 is 8.60 Å². The molecule has 1 N–H and O–H groups in total. The lowest BCUT2D eigenvalue weighted by atomic mass is 10.2. The Bertz CT molecular complexity index is 1160. The molecule has 2 aromatic carbocycles. The second-order valence-corrected chi connectivity index (χ2v) is 8.53. The number of alkyl halides is 2. The van der Waals surface area contributed by atoms with Crippen LogP contribution in [0.25, 0.3) is 0 Å². The molecule has 200 valence electrons. The summed E-state index contributed by atoms with van der Waals surface area (Å²) in [7, 11) is 1.37. The fourth-order valence-electron chi connectivity index (χ4n) is 3.33. The molecule has 0 radical (unpaired) electrons.